The minimum Gasteiger partial charge on any atom is -0.481 e. The predicted octanol–water partition coefficient (Wildman–Crippen LogP) is 0.909. The van der Waals surface area contributed by atoms with Gasteiger partial charge in [-0.3, -0.25) is 14.7 Å². The lowest BCUT2D eigenvalue weighted by Crippen LogP contribution is -2.28. The van der Waals surface area contributed by atoms with Crippen molar-refractivity contribution in [3.05, 3.63) is 17.5 Å². The van der Waals surface area contributed by atoms with Crippen molar-refractivity contribution >= 4 is 11.9 Å². The van der Waals surface area contributed by atoms with Gasteiger partial charge in [-0.2, -0.15) is 5.10 Å². The van der Waals surface area contributed by atoms with Crippen molar-refractivity contribution in [2.24, 2.45) is 0 Å². The number of amides is 1. The van der Waals surface area contributed by atoms with Gasteiger partial charge in [0.1, 0.15) is 5.69 Å². The van der Waals surface area contributed by atoms with Crippen LogP contribution < -0.4 is 0 Å². The number of hydrogen-bond donors (Lipinski definition) is 2. The van der Waals surface area contributed by atoms with Gasteiger partial charge >= 0.3 is 5.97 Å². The number of H-pyrrole nitrogens is 1. The van der Waals surface area contributed by atoms with E-state index in [2.05, 4.69) is 10.2 Å². The van der Waals surface area contributed by atoms with Crippen molar-refractivity contribution < 1.29 is 14.7 Å². The summed E-state index contributed by atoms with van der Waals surface area (Å²) in [4.78, 5) is 23.7. The van der Waals surface area contributed by atoms with E-state index in [1.165, 1.54) is 4.90 Å². The summed E-state index contributed by atoms with van der Waals surface area (Å²) in [6.07, 6.45) is 1.31. The third kappa shape index (κ3) is 3.90. The number of carboxylic acids is 1. The number of nitrogens with one attached hydrogen (secondary N) is 1. The number of aryl methyl sites for hydroxylation is 1. The molecule has 0 fully saturated rings. The fourth-order valence-corrected chi connectivity index (χ4v) is 1.42. The Kier molecular flexibility index (Phi) is 4.68. The van der Waals surface area contributed by atoms with Crippen LogP contribution in [0.4, 0.5) is 0 Å². The number of carbonyl (C=O) groups is 2. The first kappa shape index (κ1) is 13.2. The highest BCUT2D eigenvalue weighted by Crippen LogP contribution is 2.04. The van der Waals surface area contributed by atoms with E-state index in [4.69, 9.17) is 5.11 Å². The number of carbonyl (C=O) groups excluding carboxylic acids is 1. The summed E-state index contributed by atoms with van der Waals surface area (Å²) in [6, 6.07) is 1.72. The van der Waals surface area contributed by atoms with Gasteiger partial charge in [-0.1, -0.05) is 6.92 Å². The van der Waals surface area contributed by atoms with E-state index >= 15 is 0 Å². The summed E-state index contributed by atoms with van der Waals surface area (Å²) in [6.45, 7) is 2.39. The van der Waals surface area contributed by atoms with E-state index < -0.39 is 5.97 Å². The highest BCUT2D eigenvalue weighted by Gasteiger charge is 2.14. The summed E-state index contributed by atoms with van der Waals surface area (Å²) in [5.74, 6) is -1.04. The highest BCUT2D eigenvalue weighted by molar-refractivity contribution is 5.92. The Hall–Kier alpha value is -1.85. The second-order valence-corrected chi connectivity index (χ2v) is 3.86. The zero-order valence-corrected chi connectivity index (χ0v) is 10.1. The second-order valence-electron chi connectivity index (χ2n) is 3.86. The Balaban J connectivity index is 2.48. The van der Waals surface area contributed by atoms with Crippen molar-refractivity contribution in [2.45, 2.75) is 26.2 Å². The van der Waals surface area contributed by atoms with Gasteiger partial charge in [0, 0.05) is 25.7 Å². The van der Waals surface area contributed by atoms with Crippen molar-refractivity contribution in [1.82, 2.24) is 15.1 Å². The minimum atomic E-state index is -0.848. The maximum absolute atomic E-state index is 11.8. The molecular weight excluding hydrogens is 222 g/mol. The Morgan fingerprint density at radius 1 is 1.53 bits per heavy atom. The van der Waals surface area contributed by atoms with Gasteiger partial charge in [0.15, 0.2) is 0 Å². The quantitative estimate of drug-likeness (QED) is 0.772. The number of rotatable bonds is 6. The van der Waals surface area contributed by atoms with Crippen LogP contribution in [0.25, 0.3) is 0 Å². The first-order valence-electron chi connectivity index (χ1n) is 5.56. The Morgan fingerprint density at radius 3 is 2.76 bits per heavy atom. The average Bonchev–Trinajstić information content (AvgIpc) is 2.75. The molecule has 1 aromatic rings. The molecule has 0 radical (unpaired) electrons. The zero-order chi connectivity index (χ0) is 12.8. The molecule has 94 valence electrons. The van der Waals surface area contributed by atoms with Crippen LogP contribution in [-0.4, -0.2) is 45.7 Å². The number of nitrogens with zero attached hydrogens (tertiary/aromatic N) is 2. The van der Waals surface area contributed by atoms with Gasteiger partial charge < -0.3 is 10.0 Å². The number of aromatic amines is 1. The predicted molar refractivity (Wildman–Crippen MR) is 61.8 cm³/mol. The maximum Gasteiger partial charge on any atom is 0.303 e. The van der Waals surface area contributed by atoms with E-state index in [0.717, 1.165) is 12.1 Å². The lowest BCUT2D eigenvalue weighted by Gasteiger charge is -2.14. The summed E-state index contributed by atoms with van der Waals surface area (Å²) < 4.78 is 0. The lowest BCUT2D eigenvalue weighted by atomic mass is 10.2. The van der Waals surface area contributed by atoms with Crippen LogP contribution in [-0.2, 0) is 11.2 Å². The number of aliphatic carboxylic acids is 1. The molecule has 0 aromatic carbocycles. The van der Waals surface area contributed by atoms with Crippen molar-refractivity contribution in [1.29, 1.82) is 0 Å². The summed E-state index contributed by atoms with van der Waals surface area (Å²) in [7, 11) is 1.64. The minimum absolute atomic E-state index is 0.0679. The summed E-state index contributed by atoms with van der Waals surface area (Å²) >= 11 is 0. The Morgan fingerprint density at radius 2 is 2.24 bits per heavy atom. The monoisotopic (exact) mass is 239 g/mol. The number of carboxylic acid groups (broad SMARTS) is 1. The SMILES string of the molecule is CCc1cc(C(=O)N(C)CCCC(=O)O)n[nH]1. The molecule has 0 saturated heterocycles. The fraction of sp³-hybridized carbons (Fsp3) is 0.545. The van der Waals surface area contributed by atoms with Gasteiger partial charge in [0.05, 0.1) is 0 Å². The highest BCUT2D eigenvalue weighted by atomic mass is 16.4. The molecule has 1 rings (SSSR count). The van der Waals surface area contributed by atoms with Gasteiger partial charge in [0.2, 0.25) is 0 Å². The second kappa shape index (κ2) is 6.03. The molecule has 0 saturated carbocycles. The molecule has 1 aromatic heterocycles. The molecule has 6 heteroatoms. The Labute approximate surface area is 99.6 Å². The van der Waals surface area contributed by atoms with E-state index in [-0.39, 0.29) is 12.3 Å². The molecule has 2 N–H and O–H groups in total. The van der Waals surface area contributed by atoms with Gasteiger partial charge in [-0.15, -0.1) is 0 Å². The molecule has 0 unspecified atom stereocenters. The van der Waals surface area contributed by atoms with E-state index in [9.17, 15) is 9.59 Å². The molecule has 17 heavy (non-hydrogen) atoms. The molecule has 0 bridgehead atoms. The molecule has 0 aliphatic rings. The van der Waals surface area contributed by atoms with E-state index in [0.29, 0.717) is 18.7 Å². The average molecular weight is 239 g/mol. The molecule has 0 aliphatic carbocycles. The molecule has 6 nitrogen and oxygen atoms in total. The molecule has 0 spiro atoms. The third-order valence-corrected chi connectivity index (χ3v) is 2.46. The number of hydrogen-bond acceptors (Lipinski definition) is 3. The number of aromatic nitrogens is 2. The summed E-state index contributed by atoms with van der Waals surface area (Å²) in [5.41, 5.74) is 1.28. The van der Waals surface area contributed by atoms with Crippen LogP contribution in [0.3, 0.4) is 0 Å². The first-order chi connectivity index (χ1) is 8.04. The largest absolute Gasteiger partial charge is 0.481 e. The molecular formula is C11H17N3O3. The zero-order valence-electron chi connectivity index (χ0n) is 10.1. The maximum atomic E-state index is 11.8. The van der Waals surface area contributed by atoms with Gasteiger partial charge in [-0.25, -0.2) is 0 Å². The van der Waals surface area contributed by atoms with Crippen LogP contribution >= 0.6 is 0 Å². The molecule has 1 heterocycles. The van der Waals surface area contributed by atoms with Gasteiger partial charge in [0.25, 0.3) is 5.91 Å². The first-order valence-corrected chi connectivity index (χ1v) is 5.56. The lowest BCUT2D eigenvalue weighted by molar-refractivity contribution is -0.137. The van der Waals surface area contributed by atoms with Crippen molar-refractivity contribution in [2.75, 3.05) is 13.6 Å². The van der Waals surface area contributed by atoms with Crippen molar-refractivity contribution in [3.63, 3.8) is 0 Å². The normalized spacial score (nSPS) is 10.2. The third-order valence-electron chi connectivity index (χ3n) is 2.46. The van der Waals surface area contributed by atoms with Crippen LogP contribution in [0, 0.1) is 0 Å². The van der Waals surface area contributed by atoms with E-state index in [1.807, 2.05) is 6.92 Å². The van der Waals surface area contributed by atoms with Gasteiger partial charge in [-0.05, 0) is 18.9 Å². The molecule has 1 amide bonds. The van der Waals surface area contributed by atoms with Crippen LogP contribution in [0.5, 0.6) is 0 Å². The topological polar surface area (TPSA) is 86.3 Å². The molecule has 0 atom stereocenters. The smallest absolute Gasteiger partial charge is 0.303 e. The van der Waals surface area contributed by atoms with Crippen LogP contribution in [0.1, 0.15) is 35.9 Å². The van der Waals surface area contributed by atoms with Crippen molar-refractivity contribution in [3.8, 4) is 0 Å². The fourth-order valence-electron chi connectivity index (χ4n) is 1.42. The van der Waals surface area contributed by atoms with E-state index in [1.54, 1.807) is 13.1 Å². The van der Waals surface area contributed by atoms with Crippen LogP contribution in [0.15, 0.2) is 6.07 Å². The summed E-state index contributed by atoms with van der Waals surface area (Å²) in [5, 5.41) is 15.2. The molecule has 0 aliphatic heterocycles. The standard InChI is InChI=1S/C11H17N3O3/c1-3-8-7-9(13-12-8)11(17)14(2)6-4-5-10(15)16/h7H,3-6H2,1-2H3,(H,12,13)(H,15,16). The Bertz CT molecular complexity index is 400. The van der Waals surface area contributed by atoms with Crippen LogP contribution in [0.2, 0.25) is 0 Å².